The SMILES string of the molecule is CC1(C)C[C@H](N2CCc3cc(-c4cc5ncc(F)cc5cc4O)nnc32)[C@H](F)C(C)(C)N1. The smallest absolute Gasteiger partial charge is 0.154 e. The number of aromatic hydroxyl groups is 1. The number of benzene rings is 1. The van der Waals surface area contributed by atoms with Crippen molar-refractivity contribution in [3.8, 4) is 17.0 Å². The van der Waals surface area contributed by atoms with E-state index in [9.17, 15) is 9.50 Å². The summed E-state index contributed by atoms with van der Waals surface area (Å²) in [4.78, 5) is 6.15. The highest BCUT2D eigenvalue weighted by atomic mass is 19.1. The third-order valence-corrected chi connectivity index (χ3v) is 6.59. The van der Waals surface area contributed by atoms with Crippen LogP contribution in [0.3, 0.4) is 0 Å². The van der Waals surface area contributed by atoms with E-state index in [1.54, 1.807) is 6.07 Å². The molecule has 0 amide bonds. The zero-order chi connectivity index (χ0) is 22.8. The van der Waals surface area contributed by atoms with Crippen LogP contribution in [0.4, 0.5) is 14.6 Å². The van der Waals surface area contributed by atoms with Gasteiger partial charge in [-0.05, 0) is 64.8 Å². The molecule has 2 aromatic heterocycles. The van der Waals surface area contributed by atoms with Crippen LogP contribution in [-0.4, -0.2) is 50.1 Å². The predicted octanol–water partition coefficient (Wildman–Crippen LogP) is 4.16. The summed E-state index contributed by atoms with van der Waals surface area (Å²) >= 11 is 0. The second-order valence-electron chi connectivity index (χ2n) is 10.1. The number of nitrogens with one attached hydrogen (secondary N) is 1. The van der Waals surface area contributed by atoms with Gasteiger partial charge in [0.25, 0.3) is 0 Å². The van der Waals surface area contributed by atoms with E-state index >= 15 is 4.39 Å². The van der Waals surface area contributed by atoms with Crippen molar-refractivity contribution in [2.75, 3.05) is 11.4 Å². The number of phenolic OH excluding ortho intramolecular Hbond substituents is 1. The van der Waals surface area contributed by atoms with Gasteiger partial charge in [-0.2, -0.15) is 0 Å². The molecule has 1 fully saturated rings. The first-order valence-electron chi connectivity index (χ1n) is 10.9. The molecule has 5 rings (SSSR count). The minimum absolute atomic E-state index is 0.0142. The van der Waals surface area contributed by atoms with Crippen molar-refractivity contribution in [1.82, 2.24) is 20.5 Å². The number of hydrogen-bond donors (Lipinski definition) is 2. The molecule has 6 nitrogen and oxygen atoms in total. The molecule has 1 saturated heterocycles. The van der Waals surface area contributed by atoms with Crippen molar-refractivity contribution in [3.63, 3.8) is 0 Å². The van der Waals surface area contributed by atoms with Crippen LogP contribution >= 0.6 is 0 Å². The molecule has 2 N–H and O–H groups in total. The second-order valence-corrected chi connectivity index (χ2v) is 10.1. The summed E-state index contributed by atoms with van der Waals surface area (Å²) < 4.78 is 28.9. The standard InChI is InChI=1S/C24H27F2N5O/c1-23(2)11-19(21(26)24(3,4)30-23)31-6-5-13-8-18(28-29-22(13)31)16-10-17-14(9-20(16)32)7-15(25)12-27-17/h7-10,12,19,21,30,32H,5-6,11H2,1-4H3/t19-,21-/m0/s1. The number of rotatable bonds is 2. The van der Waals surface area contributed by atoms with Crippen LogP contribution in [0, 0.1) is 5.82 Å². The lowest BCUT2D eigenvalue weighted by Gasteiger charge is -2.51. The van der Waals surface area contributed by atoms with Gasteiger partial charge in [-0.15, -0.1) is 10.2 Å². The highest BCUT2D eigenvalue weighted by molar-refractivity contribution is 5.87. The average molecular weight is 440 g/mol. The average Bonchev–Trinajstić information content (AvgIpc) is 3.12. The Balaban J connectivity index is 1.50. The summed E-state index contributed by atoms with van der Waals surface area (Å²) in [5, 5.41) is 23.3. The van der Waals surface area contributed by atoms with Crippen LogP contribution in [0.2, 0.25) is 0 Å². The van der Waals surface area contributed by atoms with Crippen LogP contribution in [0.25, 0.3) is 22.2 Å². The Morgan fingerprint density at radius 1 is 1.12 bits per heavy atom. The number of aromatic nitrogens is 3. The number of anilines is 1. The fourth-order valence-corrected chi connectivity index (χ4v) is 5.36. The third-order valence-electron chi connectivity index (χ3n) is 6.59. The lowest BCUT2D eigenvalue weighted by Crippen LogP contribution is -2.69. The molecule has 32 heavy (non-hydrogen) atoms. The Morgan fingerprint density at radius 2 is 1.91 bits per heavy atom. The molecule has 1 aromatic carbocycles. The molecule has 0 saturated carbocycles. The third kappa shape index (κ3) is 3.46. The monoisotopic (exact) mass is 439 g/mol. The van der Waals surface area contributed by atoms with Crippen molar-refractivity contribution in [2.24, 2.45) is 0 Å². The van der Waals surface area contributed by atoms with Crippen LogP contribution in [0.15, 0.2) is 30.5 Å². The summed E-state index contributed by atoms with van der Waals surface area (Å²) in [6, 6.07) is 6.10. The van der Waals surface area contributed by atoms with Crippen LogP contribution in [-0.2, 0) is 6.42 Å². The first-order valence-corrected chi connectivity index (χ1v) is 10.9. The van der Waals surface area contributed by atoms with Crippen molar-refractivity contribution in [3.05, 3.63) is 41.8 Å². The fourth-order valence-electron chi connectivity index (χ4n) is 5.36. The van der Waals surface area contributed by atoms with Gasteiger partial charge in [0, 0.05) is 34.1 Å². The van der Waals surface area contributed by atoms with Gasteiger partial charge in [0.2, 0.25) is 0 Å². The summed E-state index contributed by atoms with van der Waals surface area (Å²) in [5.74, 6) is 0.229. The number of halogens is 2. The number of nitrogens with zero attached hydrogens (tertiary/aromatic N) is 4. The molecule has 4 heterocycles. The molecule has 0 bridgehead atoms. The fraction of sp³-hybridized carbons (Fsp3) is 0.458. The van der Waals surface area contributed by atoms with E-state index in [-0.39, 0.29) is 17.3 Å². The Hall–Kier alpha value is -2.87. The highest BCUT2D eigenvalue weighted by Gasteiger charge is 2.49. The van der Waals surface area contributed by atoms with E-state index in [1.165, 1.54) is 12.1 Å². The molecule has 0 unspecified atom stereocenters. The van der Waals surface area contributed by atoms with E-state index in [2.05, 4.69) is 34.3 Å². The van der Waals surface area contributed by atoms with Gasteiger partial charge in [0.05, 0.1) is 23.4 Å². The quantitative estimate of drug-likeness (QED) is 0.625. The lowest BCUT2D eigenvalue weighted by molar-refractivity contribution is 0.0555. The molecule has 0 spiro atoms. The lowest BCUT2D eigenvalue weighted by atomic mass is 9.77. The Morgan fingerprint density at radius 3 is 2.69 bits per heavy atom. The van der Waals surface area contributed by atoms with Crippen molar-refractivity contribution in [2.45, 2.75) is 63.8 Å². The summed E-state index contributed by atoms with van der Waals surface area (Å²) in [5.41, 5.74) is 1.68. The van der Waals surface area contributed by atoms with Gasteiger partial charge in [-0.3, -0.25) is 4.98 Å². The van der Waals surface area contributed by atoms with Crippen LogP contribution in [0.5, 0.6) is 5.75 Å². The molecule has 8 heteroatoms. The zero-order valence-electron chi connectivity index (χ0n) is 18.7. The van der Waals surface area contributed by atoms with Gasteiger partial charge in [0.1, 0.15) is 17.7 Å². The Kier molecular flexibility index (Phi) is 4.64. The van der Waals surface area contributed by atoms with E-state index < -0.39 is 17.5 Å². The topological polar surface area (TPSA) is 74.2 Å². The normalized spacial score (nSPS) is 24.0. The number of fused-ring (bicyclic) bond motifs is 2. The van der Waals surface area contributed by atoms with Crippen LogP contribution < -0.4 is 10.2 Å². The van der Waals surface area contributed by atoms with E-state index in [4.69, 9.17) is 0 Å². The molecule has 168 valence electrons. The number of phenols is 1. The minimum Gasteiger partial charge on any atom is -0.507 e. The molecule has 2 atom stereocenters. The Labute approximate surface area is 185 Å². The minimum atomic E-state index is -1.06. The summed E-state index contributed by atoms with van der Waals surface area (Å²) in [6.45, 7) is 8.68. The predicted molar refractivity (Wildman–Crippen MR) is 120 cm³/mol. The molecule has 0 radical (unpaired) electrons. The number of pyridine rings is 1. The summed E-state index contributed by atoms with van der Waals surface area (Å²) in [7, 11) is 0. The number of piperidine rings is 1. The van der Waals surface area contributed by atoms with Crippen molar-refractivity contribution < 1.29 is 13.9 Å². The van der Waals surface area contributed by atoms with Gasteiger partial charge in [0.15, 0.2) is 5.82 Å². The van der Waals surface area contributed by atoms with E-state index in [0.717, 1.165) is 18.2 Å². The maximum Gasteiger partial charge on any atom is 0.154 e. The molecular formula is C24H27F2N5O. The second kappa shape index (κ2) is 7.07. The maximum absolute atomic E-state index is 15.5. The zero-order valence-corrected chi connectivity index (χ0v) is 18.7. The summed E-state index contributed by atoms with van der Waals surface area (Å²) in [6.07, 6.45) is 1.48. The Bertz CT molecular complexity index is 1210. The van der Waals surface area contributed by atoms with E-state index in [1.807, 2.05) is 24.8 Å². The van der Waals surface area contributed by atoms with Gasteiger partial charge in [-0.25, -0.2) is 8.78 Å². The maximum atomic E-state index is 15.5. The van der Waals surface area contributed by atoms with Gasteiger partial charge >= 0.3 is 0 Å². The van der Waals surface area contributed by atoms with Gasteiger partial charge in [-0.1, -0.05) is 0 Å². The molecule has 2 aliphatic heterocycles. The molecule has 2 aliphatic rings. The largest absolute Gasteiger partial charge is 0.507 e. The molecule has 3 aromatic rings. The number of alkyl halides is 1. The first kappa shape index (κ1) is 21.0. The first-order chi connectivity index (χ1) is 15.0. The van der Waals surface area contributed by atoms with Gasteiger partial charge < -0.3 is 15.3 Å². The van der Waals surface area contributed by atoms with E-state index in [0.29, 0.717) is 40.9 Å². The van der Waals surface area contributed by atoms with Crippen molar-refractivity contribution >= 4 is 16.7 Å². The highest BCUT2D eigenvalue weighted by Crippen LogP contribution is 2.40. The number of hydrogen-bond acceptors (Lipinski definition) is 6. The molecule has 0 aliphatic carbocycles. The van der Waals surface area contributed by atoms with Crippen molar-refractivity contribution in [1.29, 1.82) is 0 Å². The molecular weight excluding hydrogens is 412 g/mol. The van der Waals surface area contributed by atoms with Crippen LogP contribution in [0.1, 0.15) is 39.7 Å².